The summed E-state index contributed by atoms with van der Waals surface area (Å²) < 4.78 is 6.25. The van der Waals surface area contributed by atoms with Crippen LogP contribution in [0, 0.1) is 17.8 Å². The van der Waals surface area contributed by atoms with Gasteiger partial charge in [-0.15, -0.1) is 0 Å². The molecule has 0 radical (unpaired) electrons. The van der Waals surface area contributed by atoms with Gasteiger partial charge in [-0.2, -0.15) is 11.8 Å². The summed E-state index contributed by atoms with van der Waals surface area (Å²) in [7, 11) is 6.01. The molecule has 2 aromatic carbocycles. The van der Waals surface area contributed by atoms with E-state index < -0.39 is 24.2 Å². The number of phenols is 3. The molecule has 0 bridgehead atoms. The van der Waals surface area contributed by atoms with Crippen molar-refractivity contribution in [3.63, 3.8) is 0 Å². The number of hydrogen-bond donors (Lipinski definition) is 11. The number of aromatic amines is 1. The number of benzene rings is 2. The number of hydrogen-bond acceptors (Lipinski definition) is 15. The minimum Gasteiger partial charge on any atom is -0.508 e. The number of thioether (sulfide) groups is 1. The van der Waals surface area contributed by atoms with E-state index in [0.717, 1.165) is 60.0 Å². The zero-order chi connectivity index (χ0) is 65.8. The number of aromatic hydroxyl groups is 3. The van der Waals surface area contributed by atoms with Crippen molar-refractivity contribution in [1.29, 1.82) is 0 Å². The van der Waals surface area contributed by atoms with Crippen LogP contribution in [0.1, 0.15) is 174 Å². The van der Waals surface area contributed by atoms with Crippen molar-refractivity contribution in [3.05, 3.63) is 53.7 Å². The second-order valence-electron chi connectivity index (χ2n) is 27.2. The first-order chi connectivity index (χ1) is 38.9. The smallest absolute Gasteiger partial charge is 0.315 e. The number of aliphatic carboxylic acids is 1. The SMILES string of the molecule is CC(=O)[C@H](CC(=O)O)NC(C)(C)C.CC(C)(C)OCCc1ccc(O)c(O)c1.CC(C)C(=O)C(N)Cc1c[nH]c2ccc(O)cc12.CC(C)C(=O)CC(O)C[N+](C)(C)C.CC(C)C(=O)CCCC[C@@H]1SC[C@@H]2NC(=O)N[C@@H]21.CCCNC(C)(C)C. The van der Waals surface area contributed by atoms with Crippen LogP contribution in [-0.2, 0) is 41.6 Å². The van der Waals surface area contributed by atoms with E-state index in [2.05, 4.69) is 53.9 Å². The van der Waals surface area contributed by atoms with Gasteiger partial charge < -0.3 is 66.7 Å². The molecule has 1 aromatic heterocycles. The zero-order valence-electron chi connectivity index (χ0n) is 55.5. The number of aliphatic hydroxyl groups is 1. The first-order valence-electron chi connectivity index (χ1n) is 30.2. The number of amides is 2. The molecular formula is C65H114N7O12S+. The molecule has 0 saturated carbocycles. The van der Waals surface area contributed by atoms with E-state index in [0.29, 0.717) is 59.1 Å². The summed E-state index contributed by atoms with van der Waals surface area (Å²) in [6.45, 7) is 35.5. The number of nitrogens with zero attached hydrogens (tertiary/aromatic N) is 1. The van der Waals surface area contributed by atoms with Crippen molar-refractivity contribution in [1.82, 2.24) is 26.3 Å². The van der Waals surface area contributed by atoms with Gasteiger partial charge in [0.2, 0.25) is 0 Å². The molecule has 0 spiro atoms. The lowest BCUT2D eigenvalue weighted by atomic mass is 9.96. The summed E-state index contributed by atoms with van der Waals surface area (Å²) >= 11 is 1.94. The Kier molecular flexibility index (Phi) is 36.0. The molecule has 3 aromatic rings. The van der Waals surface area contributed by atoms with E-state index in [1.165, 1.54) is 19.4 Å². The number of ether oxygens (including phenoxy) is 1. The van der Waals surface area contributed by atoms with Crippen LogP contribution in [0.15, 0.2) is 42.6 Å². The number of nitrogens with two attached hydrogens (primary N) is 1. The number of Topliss-reactive ketones (excluding diaryl/α,β-unsaturated/α-hetero) is 4. The van der Waals surface area contributed by atoms with Gasteiger partial charge in [0.05, 0.1) is 63.9 Å². The van der Waals surface area contributed by atoms with Gasteiger partial charge in [0.15, 0.2) is 17.3 Å². The fourth-order valence-electron chi connectivity index (χ4n) is 8.54. The molecule has 2 aliphatic heterocycles. The van der Waals surface area contributed by atoms with Crippen LogP contribution < -0.4 is 27.0 Å². The molecule has 12 N–H and O–H groups in total. The molecule has 2 unspecified atom stereocenters. The molecular weight excluding hydrogens is 1100 g/mol. The highest BCUT2D eigenvalue weighted by Crippen LogP contribution is 2.33. The van der Waals surface area contributed by atoms with Crippen molar-refractivity contribution < 1.29 is 63.5 Å². The molecule has 486 valence electrons. The molecule has 2 saturated heterocycles. The van der Waals surface area contributed by atoms with E-state index in [9.17, 15) is 44.1 Å². The summed E-state index contributed by atoms with van der Waals surface area (Å²) in [5.74, 6) is 0.654. The number of quaternary nitrogens is 1. The van der Waals surface area contributed by atoms with Crippen molar-refractivity contribution in [2.45, 2.75) is 228 Å². The number of H-pyrrole nitrogens is 1. The molecule has 2 fully saturated rings. The molecule has 2 aliphatic rings. The van der Waals surface area contributed by atoms with Crippen LogP contribution in [0.5, 0.6) is 17.2 Å². The maximum absolute atomic E-state index is 11.8. The lowest BCUT2D eigenvalue weighted by molar-refractivity contribution is -0.873. The molecule has 85 heavy (non-hydrogen) atoms. The van der Waals surface area contributed by atoms with Crippen molar-refractivity contribution in [2.24, 2.45) is 23.5 Å². The van der Waals surface area contributed by atoms with Crippen molar-refractivity contribution >= 4 is 57.8 Å². The van der Waals surface area contributed by atoms with Gasteiger partial charge in [-0.1, -0.05) is 61.0 Å². The normalized spacial score (nSPS) is 16.7. The topological polar surface area (TPSA) is 303 Å². The number of phenolic OH excluding ortho intramolecular Hbond substituents is 3. The van der Waals surface area contributed by atoms with Crippen molar-refractivity contribution in [3.8, 4) is 17.2 Å². The third-order valence-corrected chi connectivity index (χ3v) is 14.6. The second-order valence-corrected chi connectivity index (χ2v) is 28.5. The highest BCUT2D eigenvalue weighted by Gasteiger charge is 2.42. The molecule has 2 amide bonds. The average Bonchev–Trinajstić information content (AvgIpc) is 3.10. The highest BCUT2D eigenvalue weighted by atomic mass is 32.2. The number of urea groups is 1. The average molecular weight is 1220 g/mol. The Morgan fingerprint density at radius 3 is 1.91 bits per heavy atom. The number of ketones is 4. The minimum absolute atomic E-state index is 0.0229. The van der Waals surface area contributed by atoms with Gasteiger partial charge in [-0.25, -0.2) is 4.79 Å². The lowest BCUT2D eigenvalue weighted by Gasteiger charge is -2.26. The Morgan fingerprint density at radius 1 is 0.812 bits per heavy atom. The van der Waals surface area contributed by atoms with Crippen LogP contribution in [-0.4, -0.2) is 169 Å². The number of nitrogens with one attached hydrogen (secondary N) is 5. The molecule has 20 heteroatoms. The number of carboxylic acid groups (broad SMARTS) is 1. The Bertz CT molecular complexity index is 2490. The summed E-state index contributed by atoms with van der Waals surface area (Å²) in [5, 5.41) is 59.7. The Balaban J connectivity index is 0.00000101. The van der Waals surface area contributed by atoms with Gasteiger partial charge in [0.25, 0.3) is 0 Å². The van der Waals surface area contributed by atoms with Crippen LogP contribution in [0.25, 0.3) is 10.9 Å². The second kappa shape index (κ2) is 38.2. The van der Waals surface area contributed by atoms with Crippen molar-refractivity contribution in [2.75, 3.05) is 46.6 Å². The number of likely N-dealkylation sites (N-methyl/N-ethyl adjacent to an activating group) is 1. The number of fused-ring (bicyclic) bond motifs is 2. The monoisotopic (exact) mass is 1220 g/mol. The number of aliphatic hydroxyl groups excluding tert-OH is 1. The summed E-state index contributed by atoms with van der Waals surface area (Å²) in [4.78, 5) is 70.3. The van der Waals surface area contributed by atoms with Gasteiger partial charge in [-0.05, 0) is 149 Å². The fraction of sp³-hybridized carbons (Fsp3) is 0.692. The van der Waals surface area contributed by atoms with Crippen LogP contribution in [0.2, 0.25) is 0 Å². The first kappa shape index (κ1) is 79.9. The highest BCUT2D eigenvalue weighted by molar-refractivity contribution is 8.00. The van der Waals surface area contributed by atoms with E-state index in [1.807, 2.05) is 128 Å². The summed E-state index contributed by atoms with van der Waals surface area (Å²) in [5.41, 5.74) is 8.68. The van der Waals surface area contributed by atoms with E-state index in [1.54, 1.807) is 24.3 Å². The van der Waals surface area contributed by atoms with Gasteiger partial charge in [0, 0.05) is 69.8 Å². The Labute approximate surface area is 514 Å². The van der Waals surface area contributed by atoms with Crippen LogP contribution >= 0.6 is 11.8 Å². The van der Waals surface area contributed by atoms with E-state index in [-0.39, 0.29) is 82.4 Å². The number of unbranched alkanes of at least 4 members (excludes halogenated alkanes) is 1. The number of aromatic nitrogens is 1. The Morgan fingerprint density at radius 2 is 1.42 bits per heavy atom. The summed E-state index contributed by atoms with van der Waals surface area (Å²) in [6.07, 6.45) is 7.75. The molecule has 5 rings (SSSR count). The maximum atomic E-state index is 11.8. The predicted octanol–water partition coefficient (Wildman–Crippen LogP) is 9.62. The number of carboxylic acids is 1. The maximum Gasteiger partial charge on any atom is 0.315 e. The van der Waals surface area contributed by atoms with E-state index >= 15 is 0 Å². The molecule has 3 heterocycles. The summed E-state index contributed by atoms with van der Waals surface area (Å²) in [6, 6.07) is 9.45. The van der Waals surface area contributed by atoms with Gasteiger partial charge in [-0.3, -0.25) is 24.0 Å². The third-order valence-electron chi connectivity index (χ3n) is 13.1. The Hall–Kier alpha value is -5.09. The first-order valence-corrected chi connectivity index (χ1v) is 31.2. The third kappa shape index (κ3) is 37.3. The van der Waals surface area contributed by atoms with Gasteiger partial charge in [0.1, 0.15) is 35.7 Å². The number of carbonyl (C=O) groups is 6. The van der Waals surface area contributed by atoms with Crippen LogP contribution in [0.3, 0.4) is 0 Å². The zero-order valence-corrected chi connectivity index (χ0v) is 56.3. The minimum atomic E-state index is -0.961. The largest absolute Gasteiger partial charge is 0.508 e. The van der Waals surface area contributed by atoms with E-state index in [4.69, 9.17) is 20.7 Å². The lowest BCUT2D eigenvalue weighted by Crippen LogP contribution is -2.47. The fourth-order valence-corrected chi connectivity index (χ4v) is 10.1. The quantitative estimate of drug-likeness (QED) is 0.0172. The number of rotatable bonds is 24. The standard InChI is InChI=1S/C14H18N2O2.C13H22N2O2S.C12H18O3.C10H22NO2.C9H17NO3.C7H17N/c1-8(2)14(18)12(15)5-9-7-16-13-4-3-10(17)6-11(9)13;1-8(2)10(16)5-3-4-6-11-12-9(7-18-11)14-13(17)15-12;1-12(2,3)15-7-6-9-4-5-10(13)11(14)8-9;1-8(2)10(13)6-9(12)7-11(3,4)5;1-6(11)7(5-8(12)13)10-9(2,3)4;1-5-6-8-7(2,3)4/h3-4,6-8,12,16-17H,5,15H2,1-2H3;8-9,11-12H,3-7H2,1-2H3,(H2,14,15,17);4-5,8,13-14H,6-7H2,1-3H3;8-9,12H,6-7H2,1-5H3;7,10H,5H2,1-4H3,(H,12,13);8H,5-6H2,1-4H3/q;;;+1;;/t;9-,11-,12-;;;7-;/m.0..0./s1. The number of carbonyl (C=O) groups excluding carboxylic acids is 5. The predicted molar refractivity (Wildman–Crippen MR) is 345 cm³/mol. The molecule has 6 atom stereocenters. The van der Waals surface area contributed by atoms with Crippen LogP contribution in [0.4, 0.5) is 4.79 Å². The molecule has 0 aliphatic carbocycles. The van der Waals surface area contributed by atoms with Gasteiger partial charge >= 0.3 is 12.0 Å². The molecule has 19 nitrogen and oxygen atoms in total.